The molecule has 1 aromatic heterocycles. The number of aliphatic carboxylic acids is 1. The molecule has 0 bridgehead atoms. The maximum Gasteiger partial charge on any atom is 0.328 e. The predicted octanol–water partition coefficient (Wildman–Crippen LogP) is 3.39. The molecule has 1 saturated carbocycles. The van der Waals surface area contributed by atoms with Crippen LogP contribution in [0.1, 0.15) is 49.2 Å². The first-order chi connectivity index (χ1) is 14.1. The van der Waals surface area contributed by atoms with E-state index in [0.29, 0.717) is 16.3 Å². The van der Waals surface area contributed by atoms with Crippen LogP contribution < -0.4 is 10.1 Å². The summed E-state index contributed by atoms with van der Waals surface area (Å²) in [5.41, 5.74) is -1.98. The van der Waals surface area contributed by atoms with Gasteiger partial charge < -0.3 is 20.3 Å². The monoisotopic (exact) mass is 428 g/mol. The Morgan fingerprint density at radius 2 is 1.93 bits per heavy atom. The van der Waals surface area contributed by atoms with E-state index in [2.05, 4.69) is 22.1 Å². The van der Waals surface area contributed by atoms with E-state index in [0.717, 1.165) is 19.3 Å². The summed E-state index contributed by atoms with van der Waals surface area (Å²) in [5.74, 6) is 4.34. The van der Waals surface area contributed by atoms with E-state index >= 15 is 0 Å². The first kappa shape index (κ1) is 21.5. The molecule has 1 amide bonds. The zero-order chi connectivity index (χ0) is 21.9. The van der Waals surface area contributed by atoms with Crippen molar-refractivity contribution in [3.05, 3.63) is 52.8 Å². The fourth-order valence-corrected chi connectivity index (χ4v) is 2.88. The Balaban J connectivity index is 1.75. The Labute approximate surface area is 179 Å². The number of rotatable bonds is 5. The Hall–Kier alpha value is -3.24. The summed E-state index contributed by atoms with van der Waals surface area (Å²) in [7, 11) is 0. The lowest BCUT2D eigenvalue weighted by Gasteiger charge is -2.37. The summed E-state index contributed by atoms with van der Waals surface area (Å²) < 4.78 is 6.05. The van der Waals surface area contributed by atoms with Crippen molar-refractivity contribution >= 4 is 23.5 Å². The lowest BCUT2D eigenvalue weighted by molar-refractivity contribution is -0.143. The van der Waals surface area contributed by atoms with Gasteiger partial charge in [-0.05, 0) is 69.4 Å². The maximum atomic E-state index is 12.2. The quantitative estimate of drug-likeness (QED) is 0.630. The second-order valence-electron chi connectivity index (χ2n) is 7.63. The summed E-state index contributed by atoms with van der Waals surface area (Å²) in [6.07, 6.45) is 3.88. The number of nitrogens with one attached hydrogen (secondary N) is 1. The number of aromatic nitrogens is 1. The number of carbonyl (C=O) groups is 2. The van der Waals surface area contributed by atoms with Crippen molar-refractivity contribution in [1.82, 2.24) is 10.3 Å². The number of nitrogens with zero attached hydrogens (tertiary/aromatic N) is 1. The topological polar surface area (TPSA) is 109 Å². The third kappa shape index (κ3) is 4.84. The van der Waals surface area contributed by atoms with Crippen LogP contribution in [-0.2, 0) is 4.79 Å². The normalized spacial score (nSPS) is 14.6. The van der Waals surface area contributed by atoms with Gasteiger partial charge in [-0.15, -0.1) is 0 Å². The first-order valence-electron chi connectivity index (χ1n) is 9.33. The standard InChI is InChI=1S/C22H21ClN2O5/c1-21(2,20(28)29)25-19(27)18-17(26)12-14(13-24-18)8-11-22(9-3-10-22)30-16-6-4-15(23)5-7-16/h4-7,12-13,26H,3,9-10H2,1-2H3,(H,25,27)(H,28,29). The van der Waals surface area contributed by atoms with Crippen molar-refractivity contribution < 1.29 is 24.5 Å². The number of aromatic hydroxyl groups is 1. The van der Waals surface area contributed by atoms with E-state index in [1.54, 1.807) is 24.3 Å². The highest BCUT2D eigenvalue weighted by atomic mass is 35.5. The minimum atomic E-state index is -1.50. The molecule has 0 spiro atoms. The summed E-state index contributed by atoms with van der Waals surface area (Å²) >= 11 is 5.90. The van der Waals surface area contributed by atoms with Crippen molar-refractivity contribution in [2.45, 2.75) is 44.2 Å². The minimum Gasteiger partial charge on any atom is -0.505 e. The van der Waals surface area contributed by atoms with Crippen LogP contribution in [0, 0.1) is 11.8 Å². The van der Waals surface area contributed by atoms with Crippen molar-refractivity contribution in [2.24, 2.45) is 0 Å². The zero-order valence-corrected chi connectivity index (χ0v) is 17.3. The van der Waals surface area contributed by atoms with Crippen LogP contribution in [0.3, 0.4) is 0 Å². The molecule has 0 atom stereocenters. The molecule has 0 unspecified atom stereocenters. The van der Waals surface area contributed by atoms with Gasteiger partial charge in [0.25, 0.3) is 5.91 Å². The molecule has 1 aliphatic carbocycles. The van der Waals surface area contributed by atoms with E-state index in [4.69, 9.17) is 21.4 Å². The summed E-state index contributed by atoms with van der Waals surface area (Å²) in [6.45, 7) is 2.67. The molecule has 0 aliphatic heterocycles. The molecule has 156 valence electrons. The van der Waals surface area contributed by atoms with E-state index in [1.165, 1.54) is 26.1 Å². The molecule has 0 saturated heterocycles. The second-order valence-corrected chi connectivity index (χ2v) is 8.07. The number of hydrogen-bond donors (Lipinski definition) is 3. The third-order valence-corrected chi connectivity index (χ3v) is 5.02. The molecule has 1 heterocycles. The van der Waals surface area contributed by atoms with Crippen molar-refractivity contribution in [2.75, 3.05) is 0 Å². The molecule has 3 N–H and O–H groups in total. The van der Waals surface area contributed by atoms with Gasteiger partial charge in [0.15, 0.2) is 11.3 Å². The third-order valence-electron chi connectivity index (χ3n) is 4.77. The van der Waals surface area contributed by atoms with Gasteiger partial charge >= 0.3 is 5.97 Å². The molecule has 3 rings (SSSR count). The van der Waals surface area contributed by atoms with Crippen LogP contribution in [0.4, 0.5) is 0 Å². The van der Waals surface area contributed by atoms with Gasteiger partial charge in [-0.25, -0.2) is 9.78 Å². The first-order valence-corrected chi connectivity index (χ1v) is 9.71. The van der Waals surface area contributed by atoms with Gasteiger partial charge in [0.05, 0.1) is 0 Å². The van der Waals surface area contributed by atoms with Crippen LogP contribution in [-0.4, -0.2) is 38.2 Å². The Bertz CT molecular complexity index is 1030. The van der Waals surface area contributed by atoms with Gasteiger partial charge in [-0.2, -0.15) is 0 Å². The molecule has 1 aromatic carbocycles. The largest absolute Gasteiger partial charge is 0.505 e. The van der Waals surface area contributed by atoms with Crippen molar-refractivity contribution in [1.29, 1.82) is 0 Å². The number of pyridine rings is 1. The number of carbonyl (C=O) groups excluding carboxylic acids is 1. The van der Waals surface area contributed by atoms with Gasteiger partial charge in [0.2, 0.25) is 0 Å². The highest BCUT2D eigenvalue weighted by Gasteiger charge is 2.38. The Kier molecular flexibility index (Phi) is 5.90. The smallest absolute Gasteiger partial charge is 0.328 e. The highest BCUT2D eigenvalue weighted by molar-refractivity contribution is 6.30. The lowest BCUT2D eigenvalue weighted by Crippen LogP contribution is -2.49. The second kappa shape index (κ2) is 8.25. The van der Waals surface area contributed by atoms with Crippen LogP contribution >= 0.6 is 11.6 Å². The molecule has 7 nitrogen and oxygen atoms in total. The molecule has 1 aliphatic rings. The van der Waals surface area contributed by atoms with Crippen LogP contribution in [0.15, 0.2) is 36.5 Å². The summed E-state index contributed by atoms with van der Waals surface area (Å²) in [4.78, 5) is 27.3. The Morgan fingerprint density at radius 1 is 1.27 bits per heavy atom. The number of halogens is 1. The van der Waals surface area contributed by atoms with Gasteiger partial charge in [0, 0.05) is 16.8 Å². The number of carboxylic acid groups (broad SMARTS) is 1. The van der Waals surface area contributed by atoms with Crippen molar-refractivity contribution in [3.8, 4) is 23.3 Å². The van der Waals surface area contributed by atoms with Gasteiger partial charge in [-0.3, -0.25) is 4.79 Å². The molecule has 30 heavy (non-hydrogen) atoms. The average Bonchev–Trinajstić information content (AvgIpc) is 2.65. The number of carboxylic acids is 1. The molecule has 8 heteroatoms. The molecule has 2 aromatic rings. The molecular formula is C22H21ClN2O5. The van der Waals surface area contributed by atoms with E-state index in [9.17, 15) is 14.7 Å². The summed E-state index contributed by atoms with van der Waals surface area (Å²) in [6, 6.07) is 8.37. The fourth-order valence-electron chi connectivity index (χ4n) is 2.76. The summed E-state index contributed by atoms with van der Waals surface area (Å²) in [5, 5.41) is 22.2. The van der Waals surface area contributed by atoms with Crippen LogP contribution in [0.25, 0.3) is 0 Å². The number of benzene rings is 1. The minimum absolute atomic E-state index is 0.273. The molecule has 0 radical (unpaired) electrons. The van der Waals surface area contributed by atoms with E-state index < -0.39 is 23.0 Å². The molecular weight excluding hydrogens is 408 g/mol. The van der Waals surface area contributed by atoms with Gasteiger partial charge in [-0.1, -0.05) is 17.5 Å². The lowest BCUT2D eigenvalue weighted by atomic mass is 9.80. The number of ether oxygens (including phenoxy) is 1. The molecule has 1 fully saturated rings. The number of amides is 1. The van der Waals surface area contributed by atoms with Crippen LogP contribution in [0.5, 0.6) is 11.5 Å². The zero-order valence-electron chi connectivity index (χ0n) is 16.5. The van der Waals surface area contributed by atoms with E-state index in [1.807, 2.05) is 0 Å². The maximum absolute atomic E-state index is 12.2. The highest BCUT2D eigenvalue weighted by Crippen LogP contribution is 2.36. The fraction of sp³-hybridized carbons (Fsp3) is 0.318. The number of hydrogen-bond acceptors (Lipinski definition) is 5. The van der Waals surface area contributed by atoms with Crippen molar-refractivity contribution in [3.63, 3.8) is 0 Å². The van der Waals surface area contributed by atoms with Crippen LogP contribution in [0.2, 0.25) is 5.02 Å². The predicted molar refractivity (Wildman–Crippen MR) is 111 cm³/mol. The van der Waals surface area contributed by atoms with E-state index in [-0.39, 0.29) is 11.4 Å². The SMILES string of the molecule is CC(C)(NC(=O)c1ncc(C#CC2(Oc3ccc(Cl)cc3)CCC2)cc1O)C(=O)O. The van der Waals surface area contributed by atoms with Gasteiger partial charge in [0.1, 0.15) is 17.0 Å². The Morgan fingerprint density at radius 3 is 2.47 bits per heavy atom. The average molecular weight is 429 g/mol.